The molecule has 15 heavy (non-hydrogen) atoms. The summed E-state index contributed by atoms with van der Waals surface area (Å²) < 4.78 is 0. The van der Waals surface area contributed by atoms with Crippen molar-refractivity contribution in [3.63, 3.8) is 0 Å². The summed E-state index contributed by atoms with van der Waals surface area (Å²) in [6, 6.07) is 0.238. The van der Waals surface area contributed by atoms with Crippen molar-refractivity contribution >= 4 is 5.78 Å². The highest BCUT2D eigenvalue weighted by atomic mass is 16.1. The van der Waals surface area contributed by atoms with Crippen LogP contribution in [0.15, 0.2) is 23.4 Å². The molecule has 0 fully saturated rings. The molecule has 0 spiro atoms. The molecule has 0 amide bonds. The number of carbonyl (C=O) groups excluding carboxylic acids is 1. The number of hydrogen-bond acceptors (Lipinski definition) is 3. The van der Waals surface area contributed by atoms with Gasteiger partial charge in [-0.3, -0.25) is 4.79 Å². The predicted octanol–water partition coefficient (Wildman–Crippen LogP) is 1.36. The van der Waals surface area contributed by atoms with Gasteiger partial charge in [0.2, 0.25) is 0 Å². The Morgan fingerprint density at radius 1 is 1.67 bits per heavy atom. The van der Waals surface area contributed by atoms with Crippen LogP contribution >= 0.6 is 0 Å². The fourth-order valence-corrected chi connectivity index (χ4v) is 1.67. The van der Waals surface area contributed by atoms with Gasteiger partial charge in [-0.2, -0.15) is 0 Å². The highest BCUT2D eigenvalue weighted by Crippen LogP contribution is 2.13. The van der Waals surface area contributed by atoms with Crippen LogP contribution in [0.5, 0.6) is 0 Å². The Hall–Kier alpha value is -1.09. The largest absolute Gasteiger partial charge is 0.376 e. The van der Waals surface area contributed by atoms with Gasteiger partial charge in [0.05, 0.1) is 5.70 Å². The summed E-state index contributed by atoms with van der Waals surface area (Å²) in [6.07, 6.45) is 4.53. The maximum atomic E-state index is 11.8. The Balaban J connectivity index is 2.64. The van der Waals surface area contributed by atoms with Crippen LogP contribution in [0.4, 0.5) is 0 Å². The van der Waals surface area contributed by atoms with E-state index in [4.69, 9.17) is 5.73 Å². The lowest BCUT2D eigenvalue weighted by Crippen LogP contribution is -2.31. The third-order valence-electron chi connectivity index (χ3n) is 2.50. The van der Waals surface area contributed by atoms with Gasteiger partial charge in [-0.15, -0.1) is 0 Å². The van der Waals surface area contributed by atoms with Crippen molar-refractivity contribution < 1.29 is 4.79 Å². The van der Waals surface area contributed by atoms with Crippen LogP contribution in [0.3, 0.4) is 0 Å². The van der Waals surface area contributed by atoms with E-state index < -0.39 is 0 Å². The first-order valence-electron chi connectivity index (χ1n) is 5.43. The van der Waals surface area contributed by atoms with Gasteiger partial charge in [-0.1, -0.05) is 18.6 Å². The second-order valence-corrected chi connectivity index (χ2v) is 4.37. The van der Waals surface area contributed by atoms with Gasteiger partial charge in [0.1, 0.15) is 0 Å². The third-order valence-corrected chi connectivity index (χ3v) is 2.50. The zero-order chi connectivity index (χ0) is 11.4. The normalized spacial score (nSPS) is 22.5. The van der Waals surface area contributed by atoms with Crippen molar-refractivity contribution in [2.75, 3.05) is 6.54 Å². The fraction of sp³-hybridized carbons (Fsp3) is 0.583. The molecule has 1 heterocycles. The number of ketones is 1. The number of allylic oxidation sites excluding steroid dienone is 3. The molecule has 0 aromatic rings. The first-order chi connectivity index (χ1) is 7.02. The summed E-state index contributed by atoms with van der Waals surface area (Å²) in [7, 11) is 0. The van der Waals surface area contributed by atoms with Gasteiger partial charge in [-0.25, -0.2) is 0 Å². The van der Waals surface area contributed by atoms with Crippen LogP contribution < -0.4 is 11.1 Å². The average molecular weight is 208 g/mol. The van der Waals surface area contributed by atoms with Gasteiger partial charge in [0, 0.05) is 12.5 Å². The topological polar surface area (TPSA) is 55.1 Å². The lowest BCUT2D eigenvalue weighted by atomic mass is 9.99. The van der Waals surface area contributed by atoms with E-state index in [-0.39, 0.29) is 17.7 Å². The van der Waals surface area contributed by atoms with E-state index in [1.54, 1.807) is 0 Å². The third kappa shape index (κ3) is 3.51. The van der Waals surface area contributed by atoms with Gasteiger partial charge in [0.15, 0.2) is 5.78 Å². The maximum absolute atomic E-state index is 11.8. The van der Waals surface area contributed by atoms with Crippen LogP contribution in [0.25, 0.3) is 0 Å². The van der Waals surface area contributed by atoms with E-state index in [9.17, 15) is 4.79 Å². The monoisotopic (exact) mass is 208 g/mol. The van der Waals surface area contributed by atoms with Crippen molar-refractivity contribution in [3.8, 4) is 0 Å². The molecule has 0 aliphatic carbocycles. The molecular weight excluding hydrogens is 188 g/mol. The zero-order valence-corrected chi connectivity index (χ0v) is 9.71. The molecule has 2 atom stereocenters. The predicted molar refractivity (Wildman–Crippen MR) is 62.3 cm³/mol. The molecule has 0 aromatic carbocycles. The molecule has 0 aromatic heterocycles. The standard InChI is InChI=1S/C12H20N2O/c1-8-4-10(3)14-11(5-8)12(15)6-9(2)7-13/h4-5,9-10,14H,6-7,13H2,1-3H3. The second-order valence-electron chi connectivity index (χ2n) is 4.37. The minimum Gasteiger partial charge on any atom is -0.376 e. The summed E-state index contributed by atoms with van der Waals surface area (Å²) in [6.45, 7) is 6.60. The molecule has 2 unspecified atom stereocenters. The van der Waals surface area contributed by atoms with Crippen molar-refractivity contribution in [2.45, 2.75) is 33.2 Å². The molecule has 3 heteroatoms. The molecule has 0 bridgehead atoms. The molecular formula is C12H20N2O. The summed E-state index contributed by atoms with van der Waals surface area (Å²) in [5, 5.41) is 3.17. The molecule has 0 saturated carbocycles. The zero-order valence-electron chi connectivity index (χ0n) is 9.71. The van der Waals surface area contributed by atoms with E-state index >= 15 is 0 Å². The summed E-state index contributed by atoms with van der Waals surface area (Å²) in [5.41, 5.74) is 7.37. The van der Waals surface area contributed by atoms with Gasteiger partial charge < -0.3 is 11.1 Å². The Kier molecular flexibility index (Phi) is 4.09. The van der Waals surface area contributed by atoms with Crippen molar-refractivity contribution in [1.29, 1.82) is 0 Å². The molecule has 3 nitrogen and oxygen atoms in total. The minimum absolute atomic E-state index is 0.159. The molecule has 0 saturated heterocycles. The van der Waals surface area contributed by atoms with Crippen LogP contribution in [-0.2, 0) is 4.79 Å². The molecule has 0 radical (unpaired) electrons. The van der Waals surface area contributed by atoms with Crippen molar-refractivity contribution in [3.05, 3.63) is 23.4 Å². The number of dihydropyridines is 1. The average Bonchev–Trinajstić information content (AvgIpc) is 2.16. The number of rotatable bonds is 4. The van der Waals surface area contributed by atoms with Crippen LogP contribution in [0.2, 0.25) is 0 Å². The van der Waals surface area contributed by atoms with E-state index in [0.717, 1.165) is 11.3 Å². The van der Waals surface area contributed by atoms with Crippen LogP contribution in [0, 0.1) is 5.92 Å². The Morgan fingerprint density at radius 3 is 2.87 bits per heavy atom. The van der Waals surface area contributed by atoms with E-state index in [0.29, 0.717) is 13.0 Å². The summed E-state index contributed by atoms with van der Waals surface area (Å²) in [5.74, 6) is 0.411. The smallest absolute Gasteiger partial charge is 0.179 e. The number of nitrogens with one attached hydrogen (secondary N) is 1. The first-order valence-corrected chi connectivity index (χ1v) is 5.43. The lowest BCUT2D eigenvalue weighted by molar-refractivity contribution is -0.116. The van der Waals surface area contributed by atoms with Crippen molar-refractivity contribution in [2.24, 2.45) is 11.7 Å². The lowest BCUT2D eigenvalue weighted by Gasteiger charge is -2.20. The highest BCUT2D eigenvalue weighted by Gasteiger charge is 2.16. The Morgan fingerprint density at radius 2 is 2.33 bits per heavy atom. The van der Waals surface area contributed by atoms with Gasteiger partial charge in [0.25, 0.3) is 0 Å². The van der Waals surface area contributed by atoms with Crippen LogP contribution in [-0.4, -0.2) is 18.4 Å². The second kappa shape index (κ2) is 5.12. The summed E-state index contributed by atoms with van der Waals surface area (Å²) in [4.78, 5) is 11.8. The Bertz CT molecular complexity index is 305. The highest BCUT2D eigenvalue weighted by molar-refractivity contribution is 5.95. The molecule has 1 aliphatic rings. The summed E-state index contributed by atoms with van der Waals surface area (Å²) >= 11 is 0. The van der Waals surface area contributed by atoms with E-state index in [1.165, 1.54) is 0 Å². The van der Waals surface area contributed by atoms with Crippen LogP contribution in [0.1, 0.15) is 27.2 Å². The molecule has 3 N–H and O–H groups in total. The van der Waals surface area contributed by atoms with E-state index in [1.807, 2.05) is 26.8 Å². The number of nitrogens with two attached hydrogens (primary N) is 1. The van der Waals surface area contributed by atoms with Gasteiger partial charge >= 0.3 is 0 Å². The Labute approximate surface area is 91.4 Å². The van der Waals surface area contributed by atoms with E-state index in [2.05, 4.69) is 11.4 Å². The number of hydrogen-bond donors (Lipinski definition) is 2. The number of Topliss-reactive ketones (excluding diaryl/α,β-unsaturated/α-hetero) is 1. The first kappa shape index (κ1) is 12.0. The van der Waals surface area contributed by atoms with Gasteiger partial charge in [-0.05, 0) is 32.4 Å². The fourth-order valence-electron chi connectivity index (χ4n) is 1.67. The molecule has 1 aliphatic heterocycles. The van der Waals surface area contributed by atoms with Crippen molar-refractivity contribution in [1.82, 2.24) is 5.32 Å². The number of carbonyl (C=O) groups is 1. The quantitative estimate of drug-likeness (QED) is 0.733. The molecule has 84 valence electrons. The minimum atomic E-state index is 0.159. The molecule has 1 rings (SSSR count). The SMILES string of the molecule is CC1=CC(C)NC(C(=O)CC(C)CN)=C1. The maximum Gasteiger partial charge on any atom is 0.179 e.